The molecular formula is C15H20N4O2. The van der Waals surface area contributed by atoms with Crippen molar-refractivity contribution >= 4 is 22.6 Å². The number of nitrogens with one attached hydrogen (secondary N) is 2. The van der Waals surface area contributed by atoms with Crippen LogP contribution in [-0.4, -0.2) is 30.1 Å². The summed E-state index contributed by atoms with van der Waals surface area (Å²) in [5.74, 6) is 5.68. The molecule has 4 N–H and O–H groups in total. The average molecular weight is 288 g/mol. The molecule has 0 bridgehead atoms. The van der Waals surface area contributed by atoms with Crippen LogP contribution in [0.5, 0.6) is 0 Å². The summed E-state index contributed by atoms with van der Waals surface area (Å²) in [7, 11) is 1.60. The Hall–Kier alpha value is -2.18. The molecule has 21 heavy (non-hydrogen) atoms. The minimum absolute atomic E-state index is 0.188. The first-order chi connectivity index (χ1) is 9.96. The number of rotatable bonds is 5. The van der Waals surface area contributed by atoms with E-state index in [1.807, 2.05) is 38.1 Å². The molecule has 0 unspecified atom stereocenters. The highest BCUT2D eigenvalue weighted by molar-refractivity contribution is 6.07. The first-order valence-electron chi connectivity index (χ1n) is 6.65. The van der Waals surface area contributed by atoms with Crippen LogP contribution < -0.4 is 16.6 Å². The maximum Gasteiger partial charge on any atom is 0.252 e. The third kappa shape index (κ3) is 3.48. The zero-order valence-electron chi connectivity index (χ0n) is 12.4. The number of carbonyl (C=O) groups excluding carboxylic acids is 1. The van der Waals surface area contributed by atoms with Crippen molar-refractivity contribution in [3.63, 3.8) is 0 Å². The number of ether oxygens (including phenoxy) is 1. The smallest absolute Gasteiger partial charge is 0.252 e. The third-order valence-corrected chi connectivity index (χ3v) is 3.07. The Bertz CT molecular complexity index is 655. The molecule has 0 spiro atoms. The quantitative estimate of drug-likeness (QED) is 0.575. The highest BCUT2D eigenvalue weighted by atomic mass is 16.5. The lowest BCUT2D eigenvalue weighted by Crippen LogP contribution is -2.46. The van der Waals surface area contributed by atoms with Crippen molar-refractivity contribution < 1.29 is 9.53 Å². The number of nitrogens with zero attached hydrogens (tertiary/aromatic N) is 1. The fourth-order valence-corrected chi connectivity index (χ4v) is 2.21. The van der Waals surface area contributed by atoms with Crippen molar-refractivity contribution in [1.82, 2.24) is 10.3 Å². The van der Waals surface area contributed by atoms with Crippen LogP contribution >= 0.6 is 0 Å². The topological polar surface area (TPSA) is 89.3 Å². The largest absolute Gasteiger partial charge is 0.382 e. The Labute approximate surface area is 123 Å². The number of nitrogen functional groups attached to an aromatic ring is 1. The molecule has 0 aliphatic carbocycles. The second-order valence-corrected chi connectivity index (χ2v) is 5.49. The van der Waals surface area contributed by atoms with Crippen LogP contribution in [0.3, 0.4) is 0 Å². The van der Waals surface area contributed by atoms with Crippen LogP contribution in [0, 0.1) is 0 Å². The summed E-state index contributed by atoms with van der Waals surface area (Å²) in [5, 5.41) is 3.74. The lowest BCUT2D eigenvalue weighted by molar-refractivity contribution is 0.0821. The summed E-state index contributed by atoms with van der Waals surface area (Å²) < 4.78 is 5.12. The van der Waals surface area contributed by atoms with Crippen LogP contribution in [0.2, 0.25) is 0 Å². The van der Waals surface area contributed by atoms with Gasteiger partial charge in [0.15, 0.2) is 0 Å². The monoisotopic (exact) mass is 288 g/mol. The maximum atomic E-state index is 12.6. The van der Waals surface area contributed by atoms with Crippen molar-refractivity contribution in [3.05, 3.63) is 35.9 Å². The summed E-state index contributed by atoms with van der Waals surface area (Å²) in [6, 6.07) is 9.08. The van der Waals surface area contributed by atoms with Gasteiger partial charge in [0, 0.05) is 12.5 Å². The maximum absolute atomic E-state index is 12.6. The number of hydrazine groups is 1. The van der Waals surface area contributed by atoms with Crippen LogP contribution in [0.1, 0.15) is 24.2 Å². The molecule has 0 saturated carbocycles. The summed E-state index contributed by atoms with van der Waals surface area (Å²) in [4.78, 5) is 16.9. The Balaban J connectivity index is 2.42. The molecule has 0 aliphatic rings. The number of amides is 1. The zero-order chi connectivity index (χ0) is 15.5. The van der Waals surface area contributed by atoms with Crippen LogP contribution in [-0.2, 0) is 4.74 Å². The van der Waals surface area contributed by atoms with Gasteiger partial charge in [-0.1, -0.05) is 18.2 Å². The van der Waals surface area contributed by atoms with Crippen molar-refractivity contribution in [2.45, 2.75) is 19.4 Å². The Morgan fingerprint density at radius 1 is 1.38 bits per heavy atom. The van der Waals surface area contributed by atoms with E-state index < -0.39 is 5.54 Å². The van der Waals surface area contributed by atoms with Gasteiger partial charge in [-0.25, -0.2) is 10.8 Å². The summed E-state index contributed by atoms with van der Waals surface area (Å²) in [5.41, 5.74) is 3.26. The van der Waals surface area contributed by atoms with Gasteiger partial charge in [0.1, 0.15) is 5.82 Å². The number of fused-ring (bicyclic) bond motifs is 1. The van der Waals surface area contributed by atoms with Gasteiger partial charge in [0.25, 0.3) is 5.91 Å². The number of methoxy groups -OCH3 is 1. The molecule has 1 aromatic heterocycles. The van der Waals surface area contributed by atoms with E-state index in [9.17, 15) is 4.79 Å². The van der Waals surface area contributed by atoms with Gasteiger partial charge in [0.05, 0.1) is 23.2 Å². The molecule has 2 aromatic rings. The summed E-state index contributed by atoms with van der Waals surface area (Å²) in [6.45, 7) is 4.23. The zero-order valence-corrected chi connectivity index (χ0v) is 12.4. The van der Waals surface area contributed by atoms with E-state index in [1.165, 1.54) is 0 Å². The van der Waals surface area contributed by atoms with Gasteiger partial charge in [-0.2, -0.15) is 0 Å². The first kappa shape index (κ1) is 15.2. The fourth-order valence-electron chi connectivity index (χ4n) is 2.21. The number of para-hydroxylation sites is 1. The predicted octanol–water partition coefficient (Wildman–Crippen LogP) is 1.68. The fraction of sp³-hybridized carbons (Fsp3) is 0.333. The van der Waals surface area contributed by atoms with Crippen LogP contribution in [0.25, 0.3) is 10.9 Å². The lowest BCUT2D eigenvalue weighted by Gasteiger charge is -2.25. The Morgan fingerprint density at radius 3 is 2.76 bits per heavy atom. The van der Waals surface area contributed by atoms with Crippen LogP contribution in [0.15, 0.2) is 30.3 Å². The predicted molar refractivity (Wildman–Crippen MR) is 83.0 cm³/mol. The Morgan fingerprint density at radius 2 is 2.10 bits per heavy atom. The number of anilines is 1. The van der Waals surface area contributed by atoms with Crippen LogP contribution in [0.4, 0.5) is 5.82 Å². The van der Waals surface area contributed by atoms with Gasteiger partial charge < -0.3 is 15.5 Å². The molecule has 112 valence electrons. The number of hydrogen-bond donors (Lipinski definition) is 3. The van der Waals surface area contributed by atoms with E-state index in [0.29, 0.717) is 23.5 Å². The first-order valence-corrected chi connectivity index (χ1v) is 6.65. The molecule has 1 heterocycles. The Kier molecular flexibility index (Phi) is 4.40. The number of nitrogens with two attached hydrogens (primary N) is 1. The highest BCUT2D eigenvalue weighted by Gasteiger charge is 2.22. The molecule has 0 radical (unpaired) electrons. The van der Waals surface area contributed by atoms with E-state index in [-0.39, 0.29) is 5.91 Å². The third-order valence-electron chi connectivity index (χ3n) is 3.07. The standard InChI is InChI=1S/C15H20N4O2/c1-15(2,9-21-3)18-14(20)11-8-13(19-16)17-12-7-5-4-6-10(11)12/h4-8H,9,16H2,1-3H3,(H,17,19)(H,18,20). The number of benzene rings is 1. The normalized spacial score (nSPS) is 11.4. The number of carbonyl (C=O) groups is 1. The molecular weight excluding hydrogens is 268 g/mol. The second-order valence-electron chi connectivity index (χ2n) is 5.49. The minimum atomic E-state index is -0.466. The van der Waals surface area contributed by atoms with Crippen molar-refractivity contribution in [2.24, 2.45) is 5.84 Å². The van der Waals surface area contributed by atoms with Crippen molar-refractivity contribution in [1.29, 1.82) is 0 Å². The van der Waals surface area contributed by atoms with E-state index in [0.717, 1.165) is 5.39 Å². The number of aromatic nitrogens is 1. The van der Waals surface area contributed by atoms with E-state index in [1.54, 1.807) is 13.2 Å². The molecule has 1 amide bonds. The van der Waals surface area contributed by atoms with Gasteiger partial charge >= 0.3 is 0 Å². The van der Waals surface area contributed by atoms with Gasteiger partial charge in [-0.15, -0.1) is 0 Å². The molecule has 2 rings (SSSR count). The van der Waals surface area contributed by atoms with E-state index in [4.69, 9.17) is 10.6 Å². The van der Waals surface area contributed by atoms with Gasteiger partial charge in [-0.05, 0) is 26.0 Å². The molecule has 6 heteroatoms. The molecule has 6 nitrogen and oxygen atoms in total. The molecule has 0 atom stereocenters. The second kappa shape index (κ2) is 6.07. The molecule has 0 fully saturated rings. The molecule has 0 aliphatic heterocycles. The summed E-state index contributed by atoms with van der Waals surface area (Å²) >= 11 is 0. The van der Waals surface area contributed by atoms with E-state index in [2.05, 4.69) is 15.7 Å². The lowest BCUT2D eigenvalue weighted by atomic mass is 10.0. The number of pyridine rings is 1. The molecule has 1 aromatic carbocycles. The molecule has 0 saturated heterocycles. The van der Waals surface area contributed by atoms with Gasteiger partial charge in [-0.3, -0.25) is 4.79 Å². The SMILES string of the molecule is COCC(C)(C)NC(=O)c1cc(NN)nc2ccccc12. The van der Waals surface area contributed by atoms with E-state index >= 15 is 0 Å². The number of hydrogen-bond acceptors (Lipinski definition) is 5. The average Bonchev–Trinajstić information content (AvgIpc) is 2.45. The van der Waals surface area contributed by atoms with Crippen molar-refractivity contribution in [3.8, 4) is 0 Å². The van der Waals surface area contributed by atoms with Crippen molar-refractivity contribution in [2.75, 3.05) is 19.1 Å². The highest BCUT2D eigenvalue weighted by Crippen LogP contribution is 2.21. The summed E-state index contributed by atoms with van der Waals surface area (Å²) in [6.07, 6.45) is 0. The minimum Gasteiger partial charge on any atom is -0.382 e. The van der Waals surface area contributed by atoms with Gasteiger partial charge in [0.2, 0.25) is 0 Å².